The van der Waals surface area contributed by atoms with Crippen LogP contribution in [0.1, 0.15) is 40.0 Å². The van der Waals surface area contributed by atoms with Crippen molar-refractivity contribution in [2.45, 2.75) is 46.1 Å². The molecule has 1 aliphatic heterocycles. The summed E-state index contributed by atoms with van der Waals surface area (Å²) in [6.45, 7) is 10.9. The van der Waals surface area contributed by atoms with Crippen molar-refractivity contribution in [1.82, 2.24) is 15.1 Å². The Bertz CT molecular complexity index is 247. The molecule has 0 radical (unpaired) electrons. The minimum absolute atomic E-state index is 0.0677. The van der Waals surface area contributed by atoms with Crippen molar-refractivity contribution in [3.63, 3.8) is 0 Å². The van der Waals surface area contributed by atoms with Gasteiger partial charge in [0.25, 0.3) is 0 Å². The van der Waals surface area contributed by atoms with E-state index in [0.29, 0.717) is 6.04 Å². The molecule has 0 aromatic carbocycles. The van der Waals surface area contributed by atoms with Crippen LogP contribution in [-0.4, -0.2) is 55.1 Å². The largest absolute Gasteiger partial charge is 0.341 e. The highest BCUT2D eigenvalue weighted by atomic mass is 16.2. The fourth-order valence-electron chi connectivity index (χ4n) is 2.61. The first-order chi connectivity index (χ1) is 8.58. The molecule has 18 heavy (non-hydrogen) atoms. The predicted octanol–water partition coefficient (Wildman–Crippen LogP) is 2.16. The molecule has 1 rings (SSSR count). The first-order valence-electron chi connectivity index (χ1n) is 7.29. The normalized spacial score (nSPS) is 18.1. The number of piperidine rings is 1. The fraction of sp³-hybridized carbons (Fsp3) is 0.929. The zero-order valence-electron chi connectivity index (χ0n) is 12.4. The second-order valence-electron chi connectivity index (χ2n) is 5.60. The van der Waals surface area contributed by atoms with Crippen molar-refractivity contribution >= 4 is 6.03 Å². The molecule has 1 fully saturated rings. The van der Waals surface area contributed by atoms with E-state index < -0.39 is 0 Å². The third-order valence-electron chi connectivity index (χ3n) is 3.84. The Morgan fingerprint density at radius 3 is 2.44 bits per heavy atom. The third kappa shape index (κ3) is 4.48. The molecule has 0 saturated carbocycles. The summed E-state index contributed by atoms with van der Waals surface area (Å²) in [7, 11) is 1.71. The summed E-state index contributed by atoms with van der Waals surface area (Å²) in [6.07, 6.45) is 3.50. The van der Waals surface area contributed by atoms with Gasteiger partial charge in [0.2, 0.25) is 0 Å². The number of amides is 2. The lowest BCUT2D eigenvalue weighted by Crippen LogP contribution is -2.50. The molecule has 0 unspecified atom stereocenters. The maximum atomic E-state index is 11.7. The molecular formula is C14H29N3O. The molecule has 1 heterocycles. The van der Waals surface area contributed by atoms with Crippen LogP contribution < -0.4 is 5.32 Å². The lowest BCUT2D eigenvalue weighted by molar-refractivity contribution is 0.122. The first kappa shape index (κ1) is 15.3. The van der Waals surface area contributed by atoms with Gasteiger partial charge in [-0.3, -0.25) is 0 Å². The van der Waals surface area contributed by atoms with Gasteiger partial charge in [-0.05, 0) is 38.6 Å². The molecule has 1 aliphatic rings. The highest BCUT2D eigenvalue weighted by molar-refractivity contribution is 5.74. The van der Waals surface area contributed by atoms with Crippen LogP contribution in [0.25, 0.3) is 0 Å². The minimum atomic E-state index is 0.0677. The van der Waals surface area contributed by atoms with E-state index in [9.17, 15) is 4.79 Å². The van der Waals surface area contributed by atoms with E-state index in [1.807, 2.05) is 4.90 Å². The number of rotatable bonds is 5. The van der Waals surface area contributed by atoms with Gasteiger partial charge in [0.15, 0.2) is 0 Å². The smallest absolute Gasteiger partial charge is 0.317 e. The molecule has 1 saturated heterocycles. The van der Waals surface area contributed by atoms with Gasteiger partial charge in [-0.15, -0.1) is 0 Å². The summed E-state index contributed by atoms with van der Waals surface area (Å²) >= 11 is 0. The Balaban J connectivity index is 2.35. The predicted molar refractivity (Wildman–Crippen MR) is 75.8 cm³/mol. The third-order valence-corrected chi connectivity index (χ3v) is 3.84. The number of hydrogen-bond donors (Lipinski definition) is 1. The number of hydrogen-bond acceptors (Lipinski definition) is 2. The van der Waals surface area contributed by atoms with E-state index in [4.69, 9.17) is 0 Å². The summed E-state index contributed by atoms with van der Waals surface area (Å²) in [4.78, 5) is 16.2. The Morgan fingerprint density at radius 2 is 2.00 bits per heavy atom. The summed E-state index contributed by atoms with van der Waals surface area (Å²) in [6, 6.07) is 0.489. The van der Waals surface area contributed by atoms with Gasteiger partial charge in [0.05, 0.1) is 0 Å². The van der Waals surface area contributed by atoms with Crippen LogP contribution >= 0.6 is 0 Å². The number of nitrogens with zero attached hydrogens (tertiary/aromatic N) is 2. The maximum absolute atomic E-state index is 11.7. The number of carbonyl (C=O) groups is 1. The molecule has 0 aliphatic carbocycles. The molecule has 0 bridgehead atoms. The van der Waals surface area contributed by atoms with Crippen LogP contribution in [0.2, 0.25) is 0 Å². The SMILES string of the molecule is CCN(C(=O)NC)C1CCN(CCC(C)C)CC1. The highest BCUT2D eigenvalue weighted by Gasteiger charge is 2.26. The van der Waals surface area contributed by atoms with E-state index in [-0.39, 0.29) is 6.03 Å². The number of carbonyl (C=O) groups excluding carboxylic acids is 1. The molecule has 1 N–H and O–H groups in total. The molecule has 4 nitrogen and oxygen atoms in total. The Labute approximate surface area is 112 Å². The van der Waals surface area contributed by atoms with Crippen molar-refractivity contribution in [2.24, 2.45) is 5.92 Å². The molecular weight excluding hydrogens is 226 g/mol. The molecule has 0 aromatic rings. The van der Waals surface area contributed by atoms with Crippen molar-refractivity contribution < 1.29 is 4.79 Å². The molecule has 0 spiro atoms. The van der Waals surface area contributed by atoms with E-state index in [1.165, 1.54) is 13.0 Å². The van der Waals surface area contributed by atoms with Gasteiger partial charge in [0.1, 0.15) is 0 Å². The molecule has 4 heteroatoms. The minimum Gasteiger partial charge on any atom is -0.341 e. The standard InChI is InChI=1S/C14H29N3O/c1-5-17(14(18)15-4)13-7-10-16(11-8-13)9-6-12(2)3/h12-13H,5-11H2,1-4H3,(H,15,18). The van der Waals surface area contributed by atoms with Gasteiger partial charge in [-0.2, -0.15) is 0 Å². The van der Waals surface area contributed by atoms with E-state index >= 15 is 0 Å². The van der Waals surface area contributed by atoms with Crippen molar-refractivity contribution in [3.8, 4) is 0 Å². The summed E-state index contributed by atoms with van der Waals surface area (Å²) in [5.41, 5.74) is 0. The zero-order valence-corrected chi connectivity index (χ0v) is 12.4. The van der Waals surface area contributed by atoms with Crippen LogP contribution in [0.5, 0.6) is 0 Å². The summed E-state index contributed by atoms with van der Waals surface area (Å²) in [5.74, 6) is 0.778. The van der Waals surface area contributed by atoms with Gasteiger partial charge >= 0.3 is 6.03 Å². The fourth-order valence-corrected chi connectivity index (χ4v) is 2.61. The lowest BCUT2D eigenvalue weighted by atomic mass is 10.0. The van der Waals surface area contributed by atoms with E-state index in [2.05, 4.69) is 31.0 Å². The zero-order chi connectivity index (χ0) is 13.5. The number of urea groups is 1. The molecule has 0 aromatic heterocycles. The number of nitrogens with one attached hydrogen (secondary N) is 1. The quantitative estimate of drug-likeness (QED) is 0.817. The maximum Gasteiger partial charge on any atom is 0.317 e. The Hall–Kier alpha value is -0.770. The van der Waals surface area contributed by atoms with Crippen molar-refractivity contribution in [3.05, 3.63) is 0 Å². The highest BCUT2D eigenvalue weighted by Crippen LogP contribution is 2.17. The van der Waals surface area contributed by atoms with Gasteiger partial charge in [-0.1, -0.05) is 13.8 Å². The van der Waals surface area contributed by atoms with Crippen LogP contribution in [0.4, 0.5) is 4.79 Å². The van der Waals surface area contributed by atoms with Crippen LogP contribution in [0, 0.1) is 5.92 Å². The monoisotopic (exact) mass is 255 g/mol. The Kier molecular flexibility index (Phi) is 6.47. The van der Waals surface area contributed by atoms with Crippen LogP contribution in [0.3, 0.4) is 0 Å². The average molecular weight is 255 g/mol. The summed E-state index contributed by atoms with van der Waals surface area (Å²) in [5, 5.41) is 2.74. The van der Waals surface area contributed by atoms with Crippen molar-refractivity contribution in [2.75, 3.05) is 33.2 Å². The molecule has 2 amide bonds. The topological polar surface area (TPSA) is 35.6 Å². The van der Waals surface area contributed by atoms with Gasteiger partial charge in [-0.25, -0.2) is 4.79 Å². The lowest BCUT2D eigenvalue weighted by Gasteiger charge is -2.38. The molecule has 0 atom stereocenters. The summed E-state index contributed by atoms with van der Waals surface area (Å²) < 4.78 is 0. The second kappa shape index (κ2) is 7.62. The van der Waals surface area contributed by atoms with Gasteiger partial charge < -0.3 is 15.1 Å². The Morgan fingerprint density at radius 1 is 1.39 bits per heavy atom. The van der Waals surface area contributed by atoms with E-state index in [0.717, 1.165) is 38.4 Å². The van der Waals surface area contributed by atoms with Crippen molar-refractivity contribution in [1.29, 1.82) is 0 Å². The first-order valence-corrected chi connectivity index (χ1v) is 7.29. The average Bonchev–Trinajstić information content (AvgIpc) is 2.38. The molecule has 106 valence electrons. The van der Waals surface area contributed by atoms with Crippen LogP contribution in [0.15, 0.2) is 0 Å². The number of likely N-dealkylation sites (tertiary alicyclic amines) is 1. The van der Waals surface area contributed by atoms with Crippen LogP contribution in [-0.2, 0) is 0 Å². The second-order valence-corrected chi connectivity index (χ2v) is 5.60. The van der Waals surface area contributed by atoms with Gasteiger partial charge in [0, 0.05) is 32.7 Å². The van der Waals surface area contributed by atoms with E-state index in [1.54, 1.807) is 7.05 Å².